The van der Waals surface area contributed by atoms with E-state index < -0.39 is 12.0 Å². The largest absolute Gasteiger partial charge is 0.345 e. The summed E-state index contributed by atoms with van der Waals surface area (Å²) in [5.74, 6) is 0.612. The molecule has 1 aliphatic heterocycles. The molecule has 0 amide bonds. The minimum atomic E-state index is -1.33. The quantitative estimate of drug-likeness (QED) is 0.653. The fourth-order valence-corrected chi connectivity index (χ4v) is 3.51. The Kier molecular flexibility index (Phi) is 5.52. The van der Waals surface area contributed by atoms with Crippen LogP contribution in [0.2, 0.25) is 0 Å². The first-order valence-electron chi connectivity index (χ1n) is 8.97. The second-order valence-electron chi connectivity index (χ2n) is 6.98. The smallest absolute Gasteiger partial charge is 0.184 e. The maximum Gasteiger partial charge on any atom is 0.184 e. The Bertz CT molecular complexity index is 582. The number of ether oxygens (including phenoxy) is 2. The number of benzene rings is 1. The van der Waals surface area contributed by atoms with Gasteiger partial charge in [-0.25, -0.2) is 4.39 Å². The van der Waals surface area contributed by atoms with E-state index in [1.54, 1.807) is 0 Å². The van der Waals surface area contributed by atoms with Gasteiger partial charge in [0.05, 0.1) is 13.2 Å². The Morgan fingerprint density at radius 3 is 2.50 bits per heavy atom. The van der Waals surface area contributed by atoms with Gasteiger partial charge in [0.2, 0.25) is 0 Å². The van der Waals surface area contributed by atoms with Crippen molar-refractivity contribution < 1.29 is 13.9 Å². The van der Waals surface area contributed by atoms with Crippen LogP contribution >= 0.6 is 0 Å². The topological polar surface area (TPSA) is 18.5 Å². The highest BCUT2D eigenvalue weighted by molar-refractivity contribution is 5.66. The molecule has 130 valence electrons. The molecule has 2 nitrogen and oxygen atoms in total. The molecule has 1 atom stereocenters. The lowest BCUT2D eigenvalue weighted by Gasteiger charge is -2.34. The van der Waals surface area contributed by atoms with Crippen molar-refractivity contribution in [2.75, 3.05) is 13.2 Å². The number of hydrogen-bond acceptors (Lipinski definition) is 2. The van der Waals surface area contributed by atoms with Gasteiger partial charge in [-0.15, -0.1) is 6.58 Å². The zero-order valence-electron chi connectivity index (χ0n) is 14.5. The average Bonchev–Trinajstić information content (AvgIpc) is 2.63. The van der Waals surface area contributed by atoms with Crippen LogP contribution in [-0.4, -0.2) is 18.9 Å². The summed E-state index contributed by atoms with van der Waals surface area (Å²) in [5, 5.41) is 0. The van der Waals surface area contributed by atoms with Gasteiger partial charge >= 0.3 is 0 Å². The Labute approximate surface area is 144 Å². The average molecular weight is 330 g/mol. The summed E-state index contributed by atoms with van der Waals surface area (Å²) in [6.07, 6.45) is 8.54. The molecule has 0 spiro atoms. The molecule has 3 rings (SSSR count). The van der Waals surface area contributed by atoms with Crippen molar-refractivity contribution >= 4 is 5.57 Å². The minimum Gasteiger partial charge on any atom is -0.345 e. The summed E-state index contributed by atoms with van der Waals surface area (Å²) >= 11 is 0. The van der Waals surface area contributed by atoms with Crippen LogP contribution in [0.1, 0.15) is 56.4 Å². The van der Waals surface area contributed by atoms with Crippen LogP contribution in [0.15, 0.2) is 43.0 Å². The van der Waals surface area contributed by atoms with Crippen molar-refractivity contribution in [1.29, 1.82) is 0 Å². The van der Waals surface area contributed by atoms with Gasteiger partial charge in [0.25, 0.3) is 0 Å². The van der Waals surface area contributed by atoms with Crippen LogP contribution in [0.3, 0.4) is 0 Å². The number of hydrogen-bond donors (Lipinski definition) is 0. The standard InChI is InChI=1S/C21H27FO2/c1-3-13-21(22)14-23-20(24-15-21)19-11-9-18(10-12-19)17-7-5-16(4-2)6-8-17/h4,7,9-12,16,20H,2-3,5-6,8,13-15H2,1H3. The maximum atomic E-state index is 14.4. The minimum absolute atomic E-state index is 0.112. The molecule has 1 aromatic rings. The van der Waals surface area contributed by atoms with Crippen LogP contribution < -0.4 is 0 Å². The summed E-state index contributed by atoms with van der Waals surface area (Å²) in [5.41, 5.74) is 2.27. The molecule has 0 radical (unpaired) electrons. The molecule has 24 heavy (non-hydrogen) atoms. The molecular formula is C21H27FO2. The SMILES string of the molecule is C=CC1CC=C(c2ccc(C3OCC(F)(CCC)CO3)cc2)CC1. The van der Waals surface area contributed by atoms with E-state index in [4.69, 9.17) is 9.47 Å². The van der Waals surface area contributed by atoms with Crippen LogP contribution in [0.25, 0.3) is 5.57 Å². The van der Waals surface area contributed by atoms with Gasteiger partial charge < -0.3 is 9.47 Å². The first-order valence-corrected chi connectivity index (χ1v) is 8.97. The molecule has 0 aromatic heterocycles. The highest BCUT2D eigenvalue weighted by Crippen LogP contribution is 2.34. The second-order valence-corrected chi connectivity index (χ2v) is 6.98. The third-order valence-corrected chi connectivity index (χ3v) is 5.02. The van der Waals surface area contributed by atoms with E-state index in [9.17, 15) is 4.39 Å². The van der Waals surface area contributed by atoms with E-state index in [1.807, 2.05) is 19.1 Å². The highest BCUT2D eigenvalue weighted by atomic mass is 19.1. The maximum absolute atomic E-state index is 14.4. The lowest BCUT2D eigenvalue weighted by atomic mass is 9.86. The first-order chi connectivity index (χ1) is 11.6. The zero-order valence-corrected chi connectivity index (χ0v) is 14.5. The normalized spacial score (nSPS) is 30.7. The summed E-state index contributed by atoms with van der Waals surface area (Å²) < 4.78 is 25.6. The molecule has 3 heteroatoms. The molecule has 1 unspecified atom stereocenters. The van der Waals surface area contributed by atoms with E-state index in [-0.39, 0.29) is 13.2 Å². The van der Waals surface area contributed by atoms with Gasteiger partial charge in [0.15, 0.2) is 12.0 Å². The van der Waals surface area contributed by atoms with Crippen LogP contribution in [-0.2, 0) is 9.47 Å². The molecule has 1 heterocycles. The van der Waals surface area contributed by atoms with Gasteiger partial charge in [-0.3, -0.25) is 0 Å². The lowest BCUT2D eigenvalue weighted by molar-refractivity contribution is -0.238. The van der Waals surface area contributed by atoms with Crippen molar-refractivity contribution in [2.24, 2.45) is 5.92 Å². The molecule has 1 saturated heterocycles. The third-order valence-electron chi connectivity index (χ3n) is 5.02. The van der Waals surface area contributed by atoms with Crippen molar-refractivity contribution in [3.05, 3.63) is 54.1 Å². The van der Waals surface area contributed by atoms with E-state index in [0.29, 0.717) is 12.3 Å². The summed E-state index contributed by atoms with van der Waals surface area (Å²) in [6.45, 7) is 6.08. The van der Waals surface area contributed by atoms with Gasteiger partial charge in [-0.1, -0.05) is 49.8 Å². The van der Waals surface area contributed by atoms with Gasteiger partial charge in [-0.2, -0.15) is 0 Å². The number of allylic oxidation sites excluding steroid dienone is 3. The zero-order chi connectivity index (χ0) is 17.0. The predicted molar refractivity (Wildman–Crippen MR) is 95.3 cm³/mol. The van der Waals surface area contributed by atoms with Crippen molar-refractivity contribution in [1.82, 2.24) is 0 Å². The van der Waals surface area contributed by atoms with Crippen molar-refractivity contribution in [3.63, 3.8) is 0 Å². The van der Waals surface area contributed by atoms with E-state index in [2.05, 4.69) is 30.9 Å². The highest BCUT2D eigenvalue weighted by Gasteiger charge is 2.36. The van der Waals surface area contributed by atoms with E-state index >= 15 is 0 Å². The van der Waals surface area contributed by atoms with Crippen LogP contribution in [0, 0.1) is 5.92 Å². The molecular weight excluding hydrogens is 303 g/mol. The monoisotopic (exact) mass is 330 g/mol. The van der Waals surface area contributed by atoms with Crippen LogP contribution in [0.5, 0.6) is 0 Å². The van der Waals surface area contributed by atoms with E-state index in [0.717, 1.165) is 24.8 Å². The molecule has 1 aromatic carbocycles. The molecule has 0 bridgehead atoms. The van der Waals surface area contributed by atoms with Gasteiger partial charge in [0.1, 0.15) is 0 Å². The summed E-state index contributed by atoms with van der Waals surface area (Å²) in [6, 6.07) is 8.30. The first kappa shape index (κ1) is 17.4. The lowest BCUT2D eigenvalue weighted by Crippen LogP contribution is -2.41. The van der Waals surface area contributed by atoms with Crippen molar-refractivity contribution in [3.8, 4) is 0 Å². The molecule has 1 fully saturated rings. The fourth-order valence-electron chi connectivity index (χ4n) is 3.51. The molecule has 0 N–H and O–H groups in total. The Morgan fingerprint density at radius 1 is 1.25 bits per heavy atom. The molecule has 0 saturated carbocycles. The molecule has 2 aliphatic rings. The second kappa shape index (κ2) is 7.62. The van der Waals surface area contributed by atoms with Gasteiger partial charge in [0, 0.05) is 5.56 Å². The summed E-state index contributed by atoms with van der Waals surface area (Å²) in [7, 11) is 0. The Morgan fingerprint density at radius 2 is 1.96 bits per heavy atom. The Balaban J connectivity index is 1.61. The van der Waals surface area contributed by atoms with Gasteiger partial charge in [-0.05, 0) is 42.7 Å². The third kappa shape index (κ3) is 3.96. The number of alkyl halides is 1. The Hall–Kier alpha value is -1.45. The number of rotatable bonds is 5. The number of halogens is 1. The predicted octanol–water partition coefficient (Wildman–Crippen LogP) is 5.61. The van der Waals surface area contributed by atoms with Crippen molar-refractivity contribution in [2.45, 2.75) is 51.0 Å². The van der Waals surface area contributed by atoms with Crippen LogP contribution in [0.4, 0.5) is 4.39 Å². The van der Waals surface area contributed by atoms with E-state index in [1.165, 1.54) is 17.6 Å². The molecule has 1 aliphatic carbocycles. The summed E-state index contributed by atoms with van der Waals surface area (Å²) in [4.78, 5) is 0. The fraction of sp³-hybridized carbons (Fsp3) is 0.524.